The Bertz CT molecular complexity index is 2020. The Morgan fingerprint density at radius 2 is 1.44 bits per heavy atom. The number of carbonyl (C=O) groups is 1. The van der Waals surface area contributed by atoms with Crippen LogP contribution in [0.15, 0.2) is 115 Å². The van der Waals surface area contributed by atoms with Crippen LogP contribution in [0.5, 0.6) is 0 Å². The molecule has 0 saturated heterocycles. The van der Waals surface area contributed by atoms with Crippen molar-refractivity contribution in [1.29, 1.82) is 0 Å². The van der Waals surface area contributed by atoms with Crippen molar-refractivity contribution in [3.63, 3.8) is 0 Å². The highest BCUT2D eigenvalue weighted by Crippen LogP contribution is 2.39. The van der Waals surface area contributed by atoms with E-state index in [0.717, 1.165) is 44.0 Å². The number of pyridine rings is 1. The summed E-state index contributed by atoms with van der Waals surface area (Å²) in [5.41, 5.74) is 5.83. The molecule has 5 aromatic rings. The first-order valence-electron chi connectivity index (χ1n) is 17.4. The number of benzene rings is 4. The van der Waals surface area contributed by atoms with Crippen molar-refractivity contribution in [2.75, 3.05) is 12.8 Å². The van der Waals surface area contributed by atoms with Crippen molar-refractivity contribution < 1.29 is 27.8 Å². The summed E-state index contributed by atoms with van der Waals surface area (Å²) in [7, 11) is -5.46. The topological polar surface area (TPSA) is 85.7 Å². The van der Waals surface area contributed by atoms with Gasteiger partial charge in [0.1, 0.15) is 11.9 Å². The van der Waals surface area contributed by atoms with Gasteiger partial charge >= 0.3 is 14.0 Å². The lowest BCUT2D eigenvalue weighted by Crippen LogP contribution is -2.68. The highest BCUT2D eigenvalue weighted by Gasteiger charge is 2.52. The molecule has 0 bridgehead atoms. The van der Waals surface area contributed by atoms with Crippen molar-refractivity contribution in [1.82, 2.24) is 4.98 Å². The summed E-state index contributed by atoms with van der Waals surface area (Å²) in [6.07, 6.45) is -0.722. The van der Waals surface area contributed by atoms with Gasteiger partial charge in [-0.2, -0.15) is 0 Å². The lowest BCUT2D eigenvalue weighted by atomic mass is 9.90. The fraction of sp³-hybridized carbons (Fsp3) is 0.256. The van der Waals surface area contributed by atoms with E-state index in [1.165, 1.54) is 12.1 Å². The van der Waals surface area contributed by atoms with Crippen LogP contribution in [0.4, 0.5) is 4.39 Å². The third kappa shape index (κ3) is 8.81. The molecule has 2 atom stereocenters. The van der Waals surface area contributed by atoms with Crippen LogP contribution in [0.1, 0.15) is 50.9 Å². The van der Waals surface area contributed by atoms with E-state index >= 15 is 0 Å². The maximum absolute atomic E-state index is 14.0. The van der Waals surface area contributed by atoms with Crippen molar-refractivity contribution >= 4 is 32.7 Å². The molecule has 0 aliphatic rings. The number of carboxylic acid groups (broad SMARTS) is 1. The van der Waals surface area contributed by atoms with E-state index in [1.807, 2.05) is 105 Å². The van der Waals surface area contributed by atoms with Crippen LogP contribution in [-0.2, 0) is 24.7 Å². The smallest absolute Gasteiger partial charge is 0.481 e. The summed E-state index contributed by atoms with van der Waals surface area (Å²) in [6.45, 7) is 10.2. The summed E-state index contributed by atoms with van der Waals surface area (Å²) in [5, 5.41) is 11.5. The molecule has 0 radical (unpaired) electrons. The van der Waals surface area contributed by atoms with Crippen LogP contribution >= 0.6 is 8.03 Å². The van der Waals surface area contributed by atoms with Gasteiger partial charge in [0.15, 0.2) is 6.61 Å². The van der Waals surface area contributed by atoms with Gasteiger partial charge < -0.3 is 9.53 Å². The maximum atomic E-state index is 14.0. The molecule has 1 heterocycles. The number of halogens is 1. The number of carboxylic acids is 1. The Kier molecular flexibility index (Phi) is 12.7. The van der Waals surface area contributed by atoms with E-state index in [4.69, 9.17) is 13.9 Å². The fourth-order valence-electron chi connectivity index (χ4n) is 6.70. The van der Waals surface area contributed by atoms with Crippen LogP contribution in [-0.4, -0.2) is 43.2 Å². The molecular weight excluding hydrogens is 689 g/mol. The summed E-state index contributed by atoms with van der Waals surface area (Å²) in [4.78, 5) is 17.1. The van der Waals surface area contributed by atoms with Crippen molar-refractivity contribution in [2.24, 2.45) is 0 Å². The van der Waals surface area contributed by atoms with Gasteiger partial charge in [0.25, 0.3) is 8.32 Å². The first-order valence-corrected chi connectivity index (χ1v) is 20.6. The average Bonchev–Trinajstić information content (AvgIpc) is 3.13. The third-order valence-electron chi connectivity index (χ3n) is 9.04. The quantitative estimate of drug-likeness (QED) is 0.0740. The second-order valence-electron chi connectivity index (χ2n) is 13.6. The molecule has 1 aromatic heterocycles. The second kappa shape index (κ2) is 17.2. The molecule has 5 rings (SSSR count). The average molecular weight is 733 g/mol. The summed E-state index contributed by atoms with van der Waals surface area (Å²) >= 11 is 0. The molecule has 0 spiro atoms. The van der Waals surface area contributed by atoms with Crippen LogP contribution in [0, 0.1) is 24.6 Å². The number of aryl methyl sites for hydroxylation is 1. The number of aliphatic carboxylic acids is 1. The van der Waals surface area contributed by atoms with Crippen LogP contribution in [0.3, 0.4) is 0 Å². The highest BCUT2D eigenvalue weighted by atomic mass is 31.1. The predicted octanol–water partition coefficient (Wildman–Crippen LogP) is 8.96. The Hall–Kier alpha value is -4.77. The molecule has 0 fully saturated rings. The first kappa shape index (κ1) is 38.5. The fourth-order valence-corrected chi connectivity index (χ4v) is 12.4. The summed E-state index contributed by atoms with van der Waals surface area (Å²) in [5.74, 6) is 4.88. The zero-order valence-electron chi connectivity index (χ0n) is 30.2. The Labute approximate surface area is 308 Å². The SMILES string of the molecule is CCc1nc(-c2ccccc2)c(C)c(-c2ccc(F)cc2)c1C#CCO[P+](=O)C[C@H](CC(=O)O)O[Si](c1ccccc1)(c1ccccc1)C(C)(C)C. The van der Waals surface area contributed by atoms with Gasteiger partial charge in [0, 0.05) is 11.1 Å². The van der Waals surface area contributed by atoms with E-state index in [1.54, 1.807) is 12.1 Å². The van der Waals surface area contributed by atoms with E-state index < -0.39 is 33.5 Å². The second-order valence-corrected chi connectivity index (χ2v) is 19.1. The number of hydrogen-bond acceptors (Lipinski definition) is 5. The standard InChI is InChI=1S/C43H43FNO5PSi/c1-6-39-38(41(32-24-26-34(44)27-25-32)31(2)42(45-39)33-17-10-7-11-18-33)23-16-28-49-51(48)30-35(29-40(46)47)50-52(43(3,4)5,36-19-12-8-13-20-36)37-21-14-9-15-22-37/h7-15,17-22,24-27,35H,6,28-30H2,1-5H3/p+1/t35-/m0/s1. The Balaban J connectivity index is 1.44. The predicted molar refractivity (Wildman–Crippen MR) is 209 cm³/mol. The van der Waals surface area contributed by atoms with Gasteiger partial charge in [-0.3, -0.25) is 9.78 Å². The van der Waals surface area contributed by atoms with Gasteiger partial charge in [-0.1, -0.05) is 143 Å². The molecule has 1 N–H and O–H groups in total. The van der Waals surface area contributed by atoms with Gasteiger partial charge in [-0.05, 0) is 56.6 Å². The largest absolute Gasteiger partial charge is 0.511 e. The van der Waals surface area contributed by atoms with Crippen LogP contribution < -0.4 is 10.4 Å². The molecular formula is C43H44FNO5PSi+. The van der Waals surface area contributed by atoms with Crippen molar-refractivity contribution in [3.05, 3.63) is 138 Å². The molecule has 4 aromatic carbocycles. The van der Waals surface area contributed by atoms with Gasteiger partial charge in [-0.25, -0.2) is 4.39 Å². The maximum Gasteiger partial charge on any atom is 0.511 e. The minimum absolute atomic E-state index is 0.110. The molecule has 0 aliphatic carbocycles. The van der Waals surface area contributed by atoms with Crippen molar-refractivity contribution in [2.45, 2.75) is 58.6 Å². The number of hydrogen-bond donors (Lipinski definition) is 1. The zero-order valence-corrected chi connectivity index (χ0v) is 32.1. The molecule has 0 aliphatic heterocycles. The first-order chi connectivity index (χ1) is 24.9. The summed E-state index contributed by atoms with van der Waals surface area (Å²) in [6, 6.07) is 36.1. The summed E-state index contributed by atoms with van der Waals surface area (Å²) < 4.78 is 40.3. The monoisotopic (exact) mass is 732 g/mol. The third-order valence-corrected chi connectivity index (χ3v) is 15.3. The van der Waals surface area contributed by atoms with Gasteiger partial charge in [0.05, 0.1) is 23.4 Å². The van der Waals surface area contributed by atoms with Crippen LogP contribution in [0.2, 0.25) is 5.04 Å². The molecule has 6 nitrogen and oxygen atoms in total. The number of nitrogens with zero attached hydrogens (tertiary/aromatic N) is 1. The molecule has 266 valence electrons. The van der Waals surface area contributed by atoms with E-state index in [9.17, 15) is 18.9 Å². The highest BCUT2D eigenvalue weighted by molar-refractivity contribution is 7.39. The van der Waals surface area contributed by atoms with Crippen LogP contribution in [0.25, 0.3) is 22.4 Å². The van der Waals surface area contributed by atoms with Gasteiger partial charge in [-0.15, -0.1) is 4.52 Å². The van der Waals surface area contributed by atoms with E-state index in [2.05, 4.69) is 32.6 Å². The van der Waals surface area contributed by atoms with Crippen molar-refractivity contribution in [3.8, 4) is 34.2 Å². The van der Waals surface area contributed by atoms with E-state index in [0.29, 0.717) is 12.0 Å². The molecule has 0 saturated carbocycles. The lowest BCUT2D eigenvalue weighted by Gasteiger charge is -2.44. The molecule has 52 heavy (non-hydrogen) atoms. The Morgan fingerprint density at radius 3 is 1.96 bits per heavy atom. The minimum Gasteiger partial charge on any atom is -0.481 e. The molecule has 9 heteroatoms. The molecule has 0 amide bonds. The zero-order chi connectivity index (χ0) is 37.3. The van der Waals surface area contributed by atoms with E-state index in [-0.39, 0.29) is 25.0 Å². The van der Waals surface area contributed by atoms with Gasteiger partial charge in [0.2, 0.25) is 6.16 Å². The normalized spacial score (nSPS) is 12.5. The molecule has 1 unspecified atom stereocenters. The number of rotatable bonds is 13. The Morgan fingerprint density at radius 1 is 0.885 bits per heavy atom. The number of aromatic nitrogens is 1. The minimum atomic E-state index is -3.12. The lowest BCUT2D eigenvalue weighted by molar-refractivity contribution is -0.138.